The van der Waals surface area contributed by atoms with Crippen LogP contribution in [0.15, 0.2) is 24.3 Å². The van der Waals surface area contributed by atoms with Gasteiger partial charge in [0.15, 0.2) is 0 Å². The Kier molecular flexibility index (Phi) is 4.76. The molecule has 1 saturated heterocycles. The van der Waals surface area contributed by atoms with Gasteiger partial charge in [0.1, 0.15) is 0 Å². The number of likely N-dealkylation sites (tertiary alicyclic amines) is 1. The van der Waals surface area contributed by atoms with E-state index < -0.39 is 12.7 Å². The van der Waals surface area contributed by atoms with E-state index >= 15 is 0 Å². The van der Waals surface area contributed by atoms with Crippen LogP contribution in [0.2, 0.25) is 0 Å². The second-order valence-electron chi connectivity index (χ2n) is 7.20. The summed E-state index contributed by atoms with van der Waals surface area (Å²) in [5.41, 5.74) is 1.96. The van der Waals surface area contributed by atoms with Gasteiger partial charge in [0.2, 0.25) is 5.91 Å². The van der Waals surface area contributed by atoms with Gasteiger partial charge >= 0.3 is 6.18 Å². The minimum atomic E-state index is -4.21. The Morgan fingerprint density at radius 3 is 2.13 bits per heavy atom. The average molecular weight is 328 g/mol. The predicted octanol–water partition coefficient (Wildman–Crippen LogP) is 3.44. The van der Waals surface area contributed by atoms with Crippen LogP contribution in [-0.2, 0) is 10.2 Å². The van der Waals surface area contributed by atoms with Crippen molar-refractivity contribution >= 4 is 11.6 Å². The van der Waals surface area contributed by atoms with Gasteiger partial charge in [0, 0.05) is 25.8 Å². The zero-order chi connectivity index (χ0) is 17.4. The summed E-state index contributed by atoms with van der Waals surface area (Å²) >= 11 is 0. The van der Waals surface area contributed by atoms with E-state index in [0.717, 1.165) is 5.69 Å². The minimum Gasteiger partial charge on any atom is -0.315 e. The third-order valence-corrected chi connectivity index (χ3v) is 4.16. The monoisotopic (exact) mass is 328 g/mol. The number of carbonyl (C=O) groups is 1. The van der Waals surface area contributed by atoms with E-state index in [1.165, 1.54) is 15.4 Å². The van der Waals surface area contributed by atoms with Gasteiger partial charge in [-0.25, -0.2) is 0 Å². The Balaban J connectivity index is 1.94. The summed E-state index contributed by atoms with van der Waals surface area (Å²) in [6.07, 6.45) is -4.21. The molecule has 1 fully saturated rings. The average Bonchev–Trinajstić information content (AvgIpc) is 2.39. The van der Waals surface area contributed by atoms with Gasteiger partial charge in [0.05, 0.1) is 12.5 Å². The van der Waals surface area contributed by atoms with Crippen molar-refractivity contribution in [3.8, 4) is 0 Å². The minimum absolute atomic E-state index is 0.0349. The van der Waals surface area contributed by atoms with Gasteiger partial charge in [-0.3, -0.25) is 9.69 Å². The highest BCUT2D eigenvalue weighted by atomic mass is 19.4. The fourth-order valence-corrected chi connectivity index (χ4v) is 2.69. The highest BCUT2D eigenvalue weighted by Gasteiger charge is 2.40. The number of benzene rings is 1. The second-order valence-corrected chi connectivity index (χ2v) is 7.20. The van der Waals surface area contributed by atoms with E-state index in [2.05, 4.69) is 20.8 Å². The lowest BCUT2D eigenvalue weighted by Gasteiger charge is -2.40. The highest BCUT2D eigenvalue weighted by molar-refractivity contribution is 5.95. The SMILES string of the molecule is CN(C(=O)C1CN(CC(F)(F)F)C1)c1ccc(C(C)(C)C)cc1. The number of alkyl halides is 3. The number of anilines is 1. The summed E-state index contributed by atoms with van der Waals surface area (Å²) in [7, 11) is 1.67. The Labute approximate surface area is 135 Å². The van der Waals surface area contributed by atoms with Crippen molar-refractivity contribution in [1.29, 1.82) is 0 Å². The van der Waals surface area contributed by atoms with Gasteiger partial charge in [-0.1, -0.05) is 32.9 Å². The quantitative estimate of drug-likeness (QED) is 0.848. The van der Waals surface area contributed by atoms with Crippen LogP contribution in [0.1, 0.15) is 26.3 Å². The second kappa shape index (κ2) is 6.15. The molecule has 128 valence electrons. The lowest BCUT2D eigenvalue weighted by atomic mass is 9.87. The number of hydrogen-bond donors (Lipinski definition) is 0. The molecule has 3 nitrogen and oxygen atoms in total. The molecule has 0 unspecified atom stereocenters. The van der Waals surface area contributed by atoms with Crippen molar-refractivity contribution in [2.24, 2.45) is 5.92 Å². The Bertz CT molecular complexity index is 555. The maximum absolute atomic E-state index is 12.3. The first-order valence-electron chi connectivity index (χ1n) is 7.64. The molecule has 2 rings (SSSR count). The molecule has 0 N–H and O–H groups in total. The van der Waals surface area contributed by atoms with Gasteiger partial charge in [0.25, 0.3) is 0 Å². The molecule has 1 aliphatic rings. The molecule has 1 aliphatic heterocycles. The zero-order valence-corrected chi connectivity index (χ0v) is 13.9. The topological polar surface area (TPSA) is 23.6 Å². The van der Waals surface area contributed by atoms with Crippen LogP contribution in [0, 0.1) is 5.92 Å². The predicted molar refractivity (Wildman–Crippen MR) is 84.5 cm³/mol. The van der Waals surface area contributed by atoms with Crippen LogP contribution >= 0.6 is 0 Å². The number of carbonyl (C=O) groups excluding carboxylic acids is 1. The molecule has 1 amide bonds. The van der Waals surface area contributed by atoms with Crippen LogP contribution < -0.4 is 4.90 Å². The lowest BCUT2D eigenvalue weighted by molar-refractivity contribution is -0.162. The summed E-state index contributed by atoms with van der Waals surface area (Å²) in [4.78, 5) is 15.1. The molecular formula is C17H23F3N2O. The Hall–Kier alpha value is -1.56. The van der Waals surface area contributed by atoms with Gasteiger partial charge in [-0.2, -0.15) is 13.2 Å². The molecule has 0 spiro atoms. The molecule has 23 heavy (non-hydrogen) atoms. The molecule has 1 heterocycles. The van der Waals surface area contributed by atoms with Gasteiger partial charge in [-0.05, 0) is 23.1 Å². The number of amides is 1. The summed E-state index contributed by atoms with van der Waals surface area (Å²) in [5.74, 6) is -0.489. The van der Waals surface area contributed by atoms with Crippen LogP contribution in [0.3, 0.4) is 0 Å². The van der Waals surface area contributed by atoms with E-state index in [-0.39, 0.29) is 30.3 Å². The summed E-state index contributed by atoms with van der Waals surface area (Å²) in [5, 5.41) is 0. The van der Waals surface area contributed by atoms with E-state index in [1.807, 2.05) is 24.3 Å². The van der Waals surface area contributed by atoms with Crippen molar-refractivity contribution < 1.29 is 18.0 Å². The van der Waals surface area contributed by atoms with E-state index in [9.17, 15) is 18.0 Å². The lowest BCUT2D eigenvalue weighted by Crippen LogP contribution is -2.56. The molecule has 1 aromatic carbocycles. The molecule has 0 aromatic heterocycles. The van der Waals surface area contributed by atoms with Crippen LogP contribution in [0.25, 0.3) is 0 Å². The maximum atomic E-state index is 12.3. The summed E-state index contributed by atoms with van der Waals surface area (Å²) in [6.45, 7) is 5.73. The third-order valence-electron chi connectivity index (χ3n) is 4.16. The number of hydrogen-bond acceptors (Lipinski definition) is 2. The maximum Gasteiger partial charge on any atom is 0.401 e. The molecular weight excluding hydrogens is 305 g/mol. The highest BCUT2D eigenvalue weighted by Crippen LogP contribution is 2.27. The summed E-state index contributed by atoms with van der Waals surface area (Å²) < 4.78 is 36.8. The molecule has 0 atom stereocenters. The van der Waals surface area contributed by atoms with Crippen molar-refractivity contribution in [2.75, 3.05) is 31.6 Å². The number of nitrogens with zero attached hydrogens (tertiary/aromatic N) is 2. The Morgan fingerprint density at radius 1 is 1.17 bits per heavy atom. The van der Waals surface area contributed by atoms with Crippen LogP contribution in [0.4, 0.5) is 18.9 Å². The fourth-order valence-electron chi connectivity index (χ4n) is 2.69. The molecule has 0 aliphatic carbocycles. The molecule has 0 bridgehead atoms. The van der Waals surface area contributed by atoms with Crippen LogP contribution in [-0.4, -0.2) is 43.7 Å². The summed E-state index contributed by atoms with van der Waals surface area (Å²) in [6, 6.07) is 7.72. The number of halogens is 3. The van der Waals surface area contributed by atoms with Crippen molar-refractivity contribution in [2.45, 2.75) is 32.4 Å². The molecule has 0 saturated carbocycles. The first-order chi connectivity index (χ1) is 10.5. The Morgan fingerprint density at radius 2 is 1.70 bits per heavy atom. The van der Waals surface area contributed by atoms with Gasteiger partial charge in [-0.15, -0.1) is 0 Å². The van der Waals surface area contributed by atoms with E-state index in [0.29, 0.717) is 0 Å². The van der Waals surface area contributed by atoms with Crippen molar-refractivity contribution in [3.05, 3.63) is 29.8 Å². The zero-order valence-electron chi connectivity index (χ0n) is 13.9. The van der Waals surface area contributed by atoms with Crippen molar-refractivity contribution in [1.82, 2.24) is 4.90 Å². The third kappa shape index (κ3) is 4.47. The molecule has 6 heteroatoms. The standard InChI is InChI=1S/C17H23F3N2O/c1-16(2,3)13-5-7-14(8-6-13)21(4)15(23)12-9-22(10-12)11-17(18,19)20/h5-8,12H,9-11H2,1-4H3. The smallest absolute Gasteiger partial charge is 0.315 e. The first kappa shape index (κ1) is 17.8. The fraction of sp³-hybridized carbons (Fsp3) is 0.588. The van der Waals surface area contributed by atoms with Crippen LogP contribution in [0.5, 0.6) is 0 Å². The van der Waals surface area contributed by atoms with E-state index in [1.54, 1.807) is 7.05 Å². The first-order valence-corrected chi connectivity index (χ1v) is 7.64. The molecule has 1 aromatic rings. The largest absolute Gasteiger partial charge is 0.401 e. The van der Waals surface area contributed by atoms with Gasteiger partial charge < -0.3 is 4.90 Å². The normalized spacial score (nSPS) is 17.0. The van der Waals surface area contributed by atoms with E-state index in [4.69, 9.17) is 0 Å². The molecule has 0 radical (unpaired) electrons. The van der Waals surface area contributed by atoms with Crippen molar-refractivity contribution in [3.63, 3.8) is 0 Å². The number of rotatable bonds is 3.